The number of allylic oxidation sites excluding steroid dienone is 1. The summed E-state index contributed by atoms with van der Waals surface area (Å²) in [6, 6.07) is -0.676. The van der Waals surface area contributed by atoms with Crippen LogP contribution in [0.2, 0.25) is 0 Å². The largest absolute Gasteiger partial charge is 0.467 e. The van der Waals surface area contributed by atoms with Gasteiger partial charge in [-0.05, 0) is 40.0 Å². The lowest BCUT2D eigenvalue weighted by Crippen LogP contribution is -2.44. The molecule has 18 heavy (non-hydrogen) atoms. The minimum Gasteiger partial charge on any atom is -0.467 e. The maximum absolute atomic E-state index is 11.6. The molecule has 5 nitrogen and oxygen atoms in total. The van der Waals surface area contributed by atoms with Crippen LogP contribution >= 0.6 is 0 Å². The van der Waals surface area contributed by atoms with E-state index in [9.17, 15) is 9.59 Å². The average molecular weight is 257 g/mol. The van der Waals surface area contributed by atoms with Gasteiger partial charge >= 0.3 is 12.1 Å². The molecule has 5 heteroatoms. The van der Waals surface area contributed by atoms with Gasteiger partial charge in [-0.1, -0.05) is 6.08 Å². The summed E-state index contributed by atoms with van der Waals surface area (Å²) < 4.78 is 9.73. The first-order valence-corrected chi connectivity index (χ1v) is 5.98. The number of esters is 1. The Kier molecular flexibility index (Phi) is 7.08. The highest BCUT2D eigenvalue weighted by Gasteiger charge is 2.24. The summed E-state index contributed by atoms with van der Waals surface area (Å²) in [5.41, 5.74) is -0.591. The van der Waals surface area contributed by atoms with Crippen LogP contribution in [0.25, 0.3) is 0 Å². The van der Waals surface area contributed by atoms with E-state index in [-0.39, 0.29) is 0 Å². The van der Waals surface area contributed by atoms with Crippen LogP contribution in [0, 0.1) is 0 Å². The minimum absolute atomic E-state index is 0.468. The molecule has 0 spiro atoms. The van der Waals surface area contributed by atoms with Crippen molar-refractivity contribution in [2.45, 2.75) is 51.7 Å². The average Bonchev–Trinajstić information content (AvgIpc) is 2.24. The number of hydrogen-bond donors (Lipinski definition) is 1. The molecule has 0 saturated carbocycles. The van der Waals surface area contributed by atoms with E-state index in [1.807, 2.05) is 0 Å². The summed E-state index contributed by atoms with van der Waals surface area (Å²) in [7, 11) is 1.29. The lowest BCUT2D eigenvalue weighted by atomic mass is 10.1. The number of rotatable bonds is 6. The molecule has 1 amide bonds. The smallest absolute Gasteiger partial charge is 0.408 e. The number of ether oxygens (including phenoxy) is 2. The number of hydrogen-bond acceptors (Lipinski definition) is 4. The van der Waals surface area contributed by atoms with Gasteiger partial charge in [0.1, 0.15) is 11.6 Å². The van der Waals surface area contributed by atoms with Crippen LogP contribution in [-0.2, 0) is 14.3 Å². The highest BCUT2D eigenvalue weighted by atomic mass is 16.6. The molecule has 0 aliphatic carbocycles. The van der Waals surface area contributed by atoms with Crippen LogP contribution in [0.4, 0.5) is 4.79 Å². The number of nitrogens with one attached hydrogen (secondary N) is 1. The summed E-state index contributed by atoms with van der Waals surface area (Å²) in [6.07, 6.45) is 3.18. The van der Waals surface area contributed by atoms with Crippen molar-refractivity contribution in [3.8, 4) is 0 Å². The molecule has 0 heterocycles. The molecule has 1 N–H and O–H groups in total. The molecule has 0 aromatic heterocycles. The van der Waals surface area contributed by atoms with Crippen molar-refractivity contribution in [3.05, 3.63) is 12.7 Å². The quantitative estimate of drug-likeness (QED) is 0.451. The Labute approximate surface area is 109 Å². The second kappa shape index (κ2) is 7.74. The van der Waals surface area contributed by atoms with Crippen molar-refractivity contribution in [1.82, 2.24) is 5.32 Å². The molecule has 0 unspecified atom stereocenters. The third kappa shape index (κ3) is 7.70. The van der Waals surface area contributed by atoms with Crippen molar-refractivity contribution in [3.63, 3.8) is 0 Å². The van der Waals surface area contributed by atoms with Gasteiger partial charge < -0.3 is 14.8 Å². The Morgan fingerprint density at radius 2 is 2.00 bits per heavy atom. The fraction of sp³-hybridized carbons (Fsp3) is 0.692. The van der Waals surface area contributed by atoms with Crippen molar-refractivity contribution in [2.24, 2.45) is 0 Å². The molecule has 0 aromatic rings. The Hall–Kier alpha value is -1.52. The lowest BCUT2D eigenvalue weighted by Gasteiger charge is -2.22. The van der Waals surface area contributed by atoms with Gasteiger partial charge in [0.15, 0.2) is 0 Å². The standard InChI is InChI=1S/C13H23NO4/c1-6-7-8-9-10(11(15)17-5)14-12(16)18-13(2,3)4/h6,10H,1,7-9H2,2-5H3,(H,14,16)/t10-/m0/s1. The highest BCUT2D eigenvalue weighted by Crippen LogP contribution is 2.09. The van der Waals surface area contributed by atoms with E-state index in [1.165, 1.54) is 7.11 Å². The number of amides is 1. The van der Waals surface area contributed by atoms with Crippen LogP contribution in [0.15, 0.2) is 12.7 Å². The maximum Gasteiger partial charge on any atom is 0.408 e. The zero-order valence-electron chi connectivity index (χ0n) is 11.6. The molecule has 0 bridgehead atoms. The molecule has 0 aliphatic rings. The number of unbranched alkanes of at least 4 members (excludes halogenated alkanes) is 1. The van der Waals surface area contributed by atoms with Crippen LogP contribution < -0.4 is 5.32 Å². The summed E-state index contributed by atoms with van der Waals surface area (Å²) in [6.45, 7) is 8.89. The Balaban J connectivity index is 4.35. The van der Waals surface area contributed by atoms with E-state index in [1.54, 1.807) is 26.8 Å². The summed E-state index contributed by atoms with van der Waals surface area (Å²) >= 11 is 0. The zero-order chi connectivity index (χ0) is 14.2. The summed E-state index contributed by atoms with van der Waals surface area (Å²) in [5, 5.41) is 2.51. The lowest BCUT2D eigenvalue weighted by molar-refractivity contribution is -0.143. The van der Waals surface area contributed by atoms with Gasteiger partial charge in [-0.25, -0.2) is 9.59 Å². The first-order valence-electron chi connectivity index (χ1n) is 5.98. The van der Waals surface area contributed by atoms with Crippen molar-refractivity contribution in [1.29, 1.82) is 0 Å². The van der Waals surface area contributed by atoms with Crippen LogP contribution in [0.5, 0.6) is 0 Å². The normalized spacial score (nSPS) is 12.4. The number of methoxy groups -OCH3 is 1. The summed E-state index contributed by atoms with van der Waals surface area (Å²) in [5.74, 6) is -0.468. The van der Waals surface area contributed by atoms with Gasteiger partial charge in [0, 0.05) is 0 Å². The Morgan fingerprint density at radius 1 is 1.39 bits per heavy atom. The van der Waals surface area contributed by atoms with Crippen LogP contribution in [0.1, 0.15) is 40.0 Å². The molecule has 0 aliphatic heterocycles. The molecule has 1 atom stereocenters. The maximum atomic E-state index is 11.6. The third-order valence-corrected chi connectivity index (χ3v) is 2.08. The van der Waals surface area contributed by atoms with Gasteiger partial charge in [-0.3, -0.25) is 0 Å². The van der Waals surface area contributed by atoms with E-state index in [2.05, 4.69) is 16.6 Å². The first kappa shape index (κ1) is 16.5. The summed E-state index contributed by atoms with van der Waals surface area (Å²) in [4.78, 5) is 23.0. The highest BCUT2D eigenvalue weighted by molar-refractivity contribution is 5.81. The number of alkyl carbamates (subject to hydrolysis) is 1. The molecular formula is C13H23NO4. The zero-order valence-corrected chi connectivity index (χ0v) is 11.6. The molecule has 0 saturated heterocycles. The molecule has 104 valence electrons. The van der Waals surface area contributed by atoms with Crippen molar-refractivity contribution >= 4 is 12.1 Å². The molecule has 0 radical (unpaired) electrons. The first-order chi connectivity index (χ1) is 8.30. The monoisotopic (exact) mass is 257 g/mol. The Morgan fingerprint density at radius 3 is 2.44 bits per heavy atom. The second-order valence-electron chi connectivity index (χ2n) is 4.94. The molecule has 0 fully saturated rings. The van der Waals surface area contributed by atoms with Crippen LogP contribution in [-0.4, -0.2) is 30.8 Å². The van der Waals surface area contributed by atoms with Crippen molar-refractivity contribution in [2.75, 3.05) is 7.11 Å². The van der Waals surface area contributed by atoms with Gasteiger partial charge in [-0.2, -0.15) is 0 Å². The van der Waals surface area contributed by atoms with Gasteiger partial charge in [0.05, 0.1) is 7.11 Å². The Bertz CT molecular complexity index is 294. The fourth-order valence-electron chi connectivity index (χ4n) is 1.31. The van der Waals surface area contributed by atoms with E-state index in [4.69, 9.17) is 4.74 Å². The SMILES string of the molecule is C=CCCC[C@H](NC(=O)OC(C)(C)C)C(=O)OC. The molecule has 0 aromatic carbocycles. The van der Waals surface area contributed by atoms with Gasteiger partial charge in [0.2, 0.25) is 0 Å². The fourth-order valence-corrected chi connectivity index (χ4v) is 1.31. The number of carbonyl (C=O) groups is 2. The van der Waals surface area contributed by atoms with Gasteiger partial charge in [-0.15, -0.1) is 6.58 Å². The predicted octanol–water partition coefficient (Wildman–Crippen LogP) is 2.41. The van der Waals surface area contributed by atoms with Crippen LogP contribution in [0.3, 0.4) is 0 Å². The number of carbonyl (C=O) groups excluding carboxylic acids is 2. The van der Waals surface area contributed by atoms with Crippen molar-refractivity contribution < 1.29 is 19.1 Å². The van der Waals surface area contributed by atoms with E-state index in [0.29, 0.717) is 6.42 Å². The van der Waals surface area contributed by atoms with E-state index in [0.717, 1.165) is 12.8 Å². The van der Waals surface area contributed by atoms with E-state index < -0.39 is 23.7 Å². The minimum atomic E-state index is -0.676. The second-order valence-corrected chi connectivity index (χ2v) is 4.94. The molecular weight excluding hydrogens is 234 g/mol. The topological polar surface area (TPSA) is 64.6 Å². The molecule has 0 rings (SSSR count). The van der Waals surface area contributed by atoms with Gasteiger partial charge in [0.25, 0.3) is 0 Å². The third-order valence-electron chi connectivity index (χ3n) is 2.08. The van der Waals surface area contributed by atoms with E-state index >= 15 is 0 Å². The predicted molar refractivity (Wildman–Crippen MR) is 69.2 cm³/mol.